The molecule has 0 aromatic carbocycles. The van der Waals surface area contributed by atoms with Crippen molar-refractivity contribution in [3.63, 3.8) is 0 Å². The second kappa shape index (κ2) is 3.38. The number of rotatable bonds is 2. The Bertz CT molecular complexity index is 101. The molecule has 0 aromatic heterocycles. The van der Waals surface area contributed by atoms with E-state index in [0.717, 1.165) is 12.0 Å². The Labute approximate surface area is 64.4 Å². The van der Waals surface area contributed by atoms with Crippen molar-refractivity contribution >= 4 is 0 Å². The van der Waals surface area contributed by atoms with Gasteiger partial charge in [-0.25, -0.2) is 0 Å². The smallest absolute Gasteiger partial charge is 0.00700 e. The Morgan fingerprint density at radius 3 is 2.50 bits per heavy atom. The maximum Gasteiger partial charge on any atom is 0.00700 e. The first-order valence-electron chi connectivity index (χ1n) is 4.48. The molecule has 1 fully saturated rings. The minimum absolute atomic E-state index is 0.843. The zero-order valence-electron chi connectivity index (χ0n) is 7.43. The lowest BCUT2D eigenvalue weighted by Gasteiger charge is -2.19. The highest BCUT2D eigenvalue weighted by atomic mass is 15.2. The van der Waals surface area contributed by atoms with E-state index >= 15 is 0 Å². The quantitative estimate of drug-likeness (QED) is 0.569. The van der Waals surface area contributed by atoms with E-state index in [1.54, 1.807) is 0 Å². The first-order valence-corrected chi connectivity index (χ1v) is 4.48. The molecule has 1 aliphatic heterocycles. The summed E-state index contributed by atoms with van der Waals surface area (Å²) in [6.45, 7) is 9.58. The first-order chi connectivity index (χ1) is 4.74. The molecule has 0 amide bonds. The van der Waals surface area contributed by atoms with E-state index < -0.39 is 0 Å². The van der Waals surface area contributed by atoms with Gasteiger partial charge in [0.15, 0.2) is 0 Å². The first kappa shape index (κ1) is 8.06. The van der Waals surface area contributed by atoms with Crippen molar-refractivity contribution in [2.45, 2.75) is 39.7 Å². The van der Waals surface area contributed by atoms with E-state index in [4.69, 9.17) is 0 Å². The molecular formula is C9H19N. The molecule has 1 rings (SSSR count). The van der Waals surface area contributed by atoms with E-state index in [0.29, 0.717) is 0 Å². The molecule has 0 aliphatic carbocycles. The SMILES string of the molecule is CCCN1CC(C)CC1C. The second-order valence-corrected chi connectivity index (χ2v) is 3.68. The van der Waals surface area contributed by atoms with Crippen LogP contribution >= 0.6 is 0 Å². The molecule has 0 saturated carbocycles. The molecule has 1 saturated heterocycles. The third-order valence-corrected chi connectivity index (χ3v) is 2.42. The zero-order chi connectivity index (χ0) is 7.56. The molecule has 0 radical (unpaired) electrons. The Hall–Kier alpha value is -0.0400. The molecule has 10 heavy (non-hydrogen) atoms. The van der Waals surface area contributed by atoms with Gasteiger partial charge in [-0.05, 0) is 32.2 Å². The second-order valence-electron chi connectivity index (χ2n) is 3.68. The van der Waals surface area contributed by atoms with Gasteiger partial charge in [0, 0.05) is 12.6 Å². The van der Waals surface area contributed by atoms with Gasteiger partial charge in [0.2, 0.25) is 0 Å². The highest BCUT2D eigenvalue weighted by Crippen LogP contribution is 2.21. The zero-order valence-corrected chi connectivity index (χ0v) is 7.43. The average Bonchev–Trinajstić information content (AvgIpc) is 2.13. The van der Waals surface area contributed by atoms with Crippen LogP contribution in [0.4, 0.5) is 0 Å². The summed E-state index contributed by atoms with van der Waals surface area (Å²) in [5, 5.41) is 0. The molecule has 1 heteroatoms. The maximum absolute atomic E-state index is 2.60. The van der Waals surface area contributed by atoms with Crippen LogP contribution in [0.25, 0.3) is 0 Å². The average molecular weight is 141 g/mol. The lowest BCUT2D eigenvalue weighted by molar-refractivity contribution is 0.266. The minimum Gasteiger partial charge on any atom is -0.300 e. The monoisotopic (exact) mass is 141 g/mol. The fourth-order valence-electron chi connectivity index (χ4n) is 1.99. The predicted molar refractivity (Wildman–Crippen MR) is 45.1 cm³/mol. The third-order valence-electron chi connectivity index (χ3n) is 2.42. The lowest BCUT2D eigenvalue weighted by atomic mass is 10.1. The van der Waals surface area contributed by atoms with Crippen molar-refractivity contribution in [2.24, 2.45) is 5.92 Å². The summed E-state index contributed by atoms with van der Waals surface area (Å²) in [7, 11) is 0. The van der Waals surface area contributed by atoms with Crippen LogP contribution in [-0.4, -0.2) is 24.0 Å². The van der Waals surface area contributed by atoms with Gasteiger partial charge in [-0.3, -0.25) is 0 Å². The van der Waals surface area contributed by atoms with Gasteiger partial charge >= 0.3 is 0 Å². The third kappa shape index (κ3) is 1.72. The van der Waals surface area contributed by atoms with Gasteiger partial charge in [0.05, 0.1) is 0 Å². The van der Waals surface area contributed by atoms with Gasteiger partial charge in [-0.1, -0.05) is 13.8 Å². The van der Waals surface area contributed by atoms with Crippen LogP contribution in [0.3, 0.4) is 0 Å². The molecular weight excluding hydrogens is 122 g/mol. The number of nitrogens with zero attached hydrogens (tertiary/aromatic N) is 1. The molecule has 2 atom stereocenters. The van der Waals surface area contributed by atoms with Gasteiger partial charge in [-0.2, -0.15) is 0 Å². The molecule has 1 aliphatic rings. The van der Waals surface area contributed by atoms with Crippen molar-refractivity contribution < 1.29 is 0 Å². The molecule has 0 spiro atoms. The van der Waals surface area contributed by atoms with E-state index in [9.17, 15) is 0 Å². The molecule has 0 N–H and O–H groups in total. The minimum atomic E-state index is 0.843. The maximum atomic E-state index is 2.60. The molecule has 0 aromatic rings. The summed E-state index contributed by atoms with van der Waals surface area (Å²) >= 11 is 0. The Kier molecular flexibility index (Phi) is 2.72. The largest absolute Gasteiger partial charge is 0.300 e. The van der Waals surface area contributed by atoms with Gasteiger partial charge in [0.1, 0.15) is 0 Å². The summed E-state index contributed by atoms with van der Waals surface area (Å²) in [4.78, 5) is 2.60. The fourth-order valence-corrected chi connectivity index (χ4v) is 1.99. The van der Waals surface area contributed by atoms with Crippen LogP contribution in [-0.2, 0) is 0 Å². The number of likely N-dealkylation sites (tertiary alicyclic amines) is 1. The van der Waals surface area contributed by atoms with Crippen LogP contribution in [0.1, 0.15) is 33.6 Å². The van der Waals surface area contributed by atoms with Crippen LogP contribution in [0, 0.1) is 5.92 Å². The van der Waals surface area contributed by atoms with Crippen LogP contribution in [0.2, 0.25) is 0 Å². The van der Waals surface area contributed by atoms with Crippen molar-refractivity contribution in [3.05, 3.63) is 0 Å². The fraction of sp³-hybridized carbons (Fsp3) is 1.00. The molecule has 1 heterocycles. The Balaban J connectivity index is 2.31. The molecule has 1 nitrogen and oxygen atoms in total. The summed E-state index contributed by atoms with van der Waals surface area (Å²) in [6, 6.07) is 0.843. The van der Waals surface area contributed by atoms with Crippen LogP contribution in [0.5, 0.6) is 0 Å². The van der Waals surface area contributed by atoms with E-state index in [2.05, 4.69) is 25.7 Å². The molecule has 2 unspecified atom stereocenters. The van der Waals surface area contributed by atoms with Crippen LogP contribution in [0.15, 0.2) is 0 Å². The Morgan fingerprint density at radius 1 is 1.40 bits per heavy atom. The van der Waals surface area contributed by atoms with E-state index in [1.165, 1.54) is 25.9 Å². The summed E-state index contributed by atoms with van der Waals surface area (Å²) in [5.74, 6) is 0.932. The number of hydrogen-bond acceptors (Lipinski definition) is 1. The van der Waals surface area contributed by atoms with Crippen molar-refractivity contribution in [2.75, 3.05) is 13.1 Å². The normalized spacial score (nSPS) is 35.1. The number of hydrogen-bond donors (Lipinski definition) is 0. The van der Waals surface area contributed by atoms with Gasteiger partial charge < -0.3 is 4.90 Å². The summed E-state index contributed by atoms with van der Waals surface area (Å²) < 4.78 is 0. The standard InChI is InChI=1S/C9H19N/c1-4-5-10-7-8(2)6-9(10)3/h8-9H,4-7H2,1-3H3. The van der Waals surface area contributed by atoms with Crippen molar-refractivity contribution in [1.29, 1.82) is 0 Å². The summed E-state index contributed by atoms with van der Waals surface area (Å²) in [5.41, 5.74) is 0. The van der Waals surface area contributed by atoms with Crippen molar-refractivity contribution in [3.8, 4) is 0 Å². The topological polar surface area (TPSA) is 3.24 Å². The van der Waals surface area contributed by atoms with Gasteiger partial charge in [0.25, 0.3) is 0 Å². The van der Waals surface area contributed by atoms with E-state index in [-0.39, 0.29) is 0 Å². The van der Waals surface area contributed by atoms with Crippen molar-refractivity contribution in [1.82, 2.24) is 4.90 Å². The molecule has 0 bridgehead atoms. The van der Waals surface area contributed by atoms with Gasteiger partial charge in [-0.15, -0.1) is 0 Å². The highest BCUT2D eigenvalue weighted by molar-refractivity contribution is 4.79. The highest BCUT2D eigenvalue weighted by Gasteiger charge is 2.24. The van der Waals surface area contributed by atoms with E-state index in [1.807, 2.05) is 0 Å². The lowest BCUT2D eigenvalue weighted by Crippen LogP contribution is -2.27. The summed E-state index contributed by atoms with van der Waals surface area (Å²) in [6.07, 6.45) is 2.71. The Morgan fingerprint density at radius 2 is 2.10 bits per heavy atom. The van der Waals surface area contributed by atoms with Crippen LogP contribution < -0.4 is 0 Å². The predicted octanol–water partition coefficient (Wildman–Crippen LogP) is 2.13. The molecule has 60 valence electrons.